The van der Waals surface area contributed by atoms with Crippen LogP contribution in [0, 0.1) is 0 Å². The van der Waals surface area contributed by atoms with Crippen LogP contribution < -0.4 is 5.73 Å². The highest BCUT2D eigenvalue weighted by Crippen LogP contribution is 2.37. The number of ether oxygens (including phenoxy) is 1. The van der Waals surface area contributed by atoms with Crippen LogP contribution in [-0.2, 0) is 18.0 Å². The van der Waals surface area contributed by atoms with Gasteiger partial charge in [0.1, 0.15) is 0 Å². The van der Waals surface area contributed by atoms with Gasteiger partial charge in [-0.05, 0) is 22.8 Å². The molecule has 0 unspecified atom stereocenters. The molecule has 4 rings (SSSR count). The molecule has 0 saturated heterocycles. The second-order valence-electron chi connectivity index (χ2n) is 5.11. The molecule has 2 N–H and O–H groups in total. The fraction of sp³-hybridized carbons (Fsp3) is 0.118. The van der Waals surface area contributed by atoms with Gasteiger partial charge in [-0.2, -0.15) is 0 Å². The van der Waals surface area contributed by atoms with E-state index in [1.807, 2.05) is 36.4 Å². The van der Waals surface area contributed by atoms with Crippen molar-refractivity contribution in [1.29, 1.82) is 0 Å². The molecular weight excluding hydrogens is 264 g/mol. The van der Waals surface area contributed by atoms with Crippen molar-refractivity contribution in [1.82, 2.24) is 5.16 Å². The molecule has 0 aliphatic carbocycles. The molecule has 0 atom stereocenters. The number of rotatable bonds is 2. The molecule has 0 fully saturated rings. The predicted octanol–water partition coefficient (Wildman–Crippen LogP) is 3.62. The van der Waals surface area contributed by atoms with Crippen LogP contribution in [0.5, 0.6) is 0 Å². The Morgan fingerprint density at radius 1 is 0.905 bits per heavy atom. The van der Waals surface area contributed by atoms with Crippen LogP contribution in [0.15, 0.2) is 53.1 Å². The molecule has 1 aliphatic heterocycles. The van der Waals surface area contributed by atoms with Gasteiger partial charge >= 0.3 is 0 Å². The van der Waals surface area contributed by atoms with Crippen LogP contribution in [0.3, 0.4) is 0 Å². The van der Waals surface area contributed by atoms with Crippen molar-refractivity contribution in [2.24, 2.45) is 0 Å². The third-order valence-corrected chi connectivity index (χ3v) is 3.76. The monoisotopic (exact) mass is 278 g/mol. The van der Waals surface area contributed by atoms with Crippen LogP contribution in [0.1, 0.15) is 11.1 Å². The molecule has 4 nitrogen and oxygen atoms in total. The SMILES string of the molecule is Nc1noc(-c2ccc3c(c2)COC3)c1-c1ccccc1. The van der Waals surface area contributed by atoms with Crippen molar-refractivity contribution >= 4 is 5.82 Å². The summed E-state index contributed by atoms with van der Waals surface area (Å²) in [6.07, 6.45) is 0. The first-order valence-corrected chi connectivity index (χ1v) is 6.83. The van der Waals surface area contributed by atoms with Gasteiger partial charge in [-0.25, -0.2) is 0 Å². The minimum atomic E-state index is 0.410. The quantitative estimate of drug-likeness (QED) is 0.777. The van der Waals surface area contributed by atoms with Crippen molar-refractivity contribution in [2.45, 2.75) is 13.2 Å². The zero-order valence-electron chi connectivity index (χ0n) is 11.4. The fourth-order valence-corrected chi connectivity index (χ4v) is 2.70. The zero-order valence-corrected chi connectivity index (χ0v) is 11.4. The summed E-state index contributed by atoms with van der Waals surface area (Å²) in [6.45, 7) is 1.33. The number of nitrogens with zero attached hydrogens (tertiary/aromatic N) is 1. The molecule has 0 amide bonds. The molecule has 4 heteroatoms. The number of hydrogen-bond acceptors (Lipinski definition) is 4. The van der Waals surface area contributed by atoms with Crippen LogP contribution in [0.25, 0.3) is 22.5 Å². The highest BCUT2D eigenvalue weighted by molar-refractivity contribution is 5.86. The van der Waals surface area contributed by atoms with E-state index in [1.54, 1.807) is 0 Å². The maximum Gasteiger partial charge on any atom is 0.176 e. The lowest BCUT2D eigenvalue weighted by atomic mass is 9.99. The molecule has 1 aliphatic rings. The number of anilines is 1. The maximum atomic E-state index is 5.99. The molecule has 21 heavy (non-hydrogen) atoms. The van der Waals surface area contributed by atoms with Gasteiger partial charge in [0.25, 0.3) is 0 Å². The van der Waals surface area contributed by atoms with Crippen molar-refractivity contribution < 1.29 is 9.26 Å². The summed E-state index contributed by atoms with van der Waals surface area (Å²) in [5.41, 5.74) is 11.2. The van der Waals surface area contributed by atoms with Gasteiger partial charge in [-0.3, -0.25) is 0 Å². The van der Waals surface area contributed by atoms with Crippen LogP contribution in [0.2, 0.25) is 0 Å². The van der Waals surface area contributed by atoms with Crippen LogP contribution >= 0.6 is 0 Å². The topological polar surface area (TPSA) is 61.3 Å². The summed E-state index contributed by atoms with van der Waals surface area (Å²) >= 11 is 0. The molecule has 2 heterocycles. The lowest BCUT2D eigenvalue weighted by molar-refractivity contribution is 0.134. The number of fused-ring (bicyclic) bond motifs is 1. The highest BCUT2D eigenvalue weighted by atomic mass is 16.5. The Morgan fingerprint density at radius 2 is 1.71 bits per heavy atom. The van der Waals surface area contributed by atoms with Crippen molar-refractivity contribution in [2.75, 3.05) is 5.73 Å². The third kappa shape index (κ3) is 2.00. The summed E-state index contributed by atoms with van der Waals surface area (Å²) in [4.78, 5) is 0. The number of nitrogen functional groups attached to an aromatic ring is 1. The van der Waals surface area contributed by atoms with E-state index in [0.29, 0.717) is 24.8 Å². The number of hydrogen-bond donors (Lipinski definition) is 1. The Hall–Kier alpha value is -2.59. The molecule has 104 valence electrons. The number of benzene rings is 2. The Balaban J connectivity index is 1.87. The van der Waals surface area contributed by atoms with E-state index in [0.717, 1.165) is 16.7 Å². The van der Waals surface area contributed by atoms with Crippen LogP contribution in [-0.4, -0.2) is 5.16 Å². The van der Waals surface area contributed by atoms with E-state index in [9.17, 15) is 0 Å². The van der Waals surface area contributed by atoms with Gasteiger partial charge in [-0.15, -0.1) is 0 Å². The number of aromatic nitrogens is 1. The van der Waals surface area contributed by atoms with Crippen molar-refractivity contribution in [3.8, 4) is 22.5 Å². The van der Waals surface area contributed by atoms with Gasteiger partial charge in [0.2, 0.25) is 0 Å². The van der Waals surface area contributed by atoms with Crippen molar-refractivity contribution in [3.63, 3.8) is 0 Å². The molecule has 1 aromatic heterocycles. The summed E-state index contributed by atoms with van der Waals surface area (Å²) in [5, 5.41) is 3.93. The van der Waals surface area contributed by atoms with Gasteiger partial charge < -0.3 is 15.0 Å². The average Bonchev–Trinajstić information content (AvgIpc) is 3.13. The first-order valence-electron chi connectivity index (χ1n) is 6.83. The van der Waals surface area contributed by atoms with Gasteiger partial charge in [0, 0.05) is 5.56 Å². The molecule has 0 saturated carbocycles. The Kier molecular flexibility index (Phi) is 2.75. The molecular formula is C17H14N2O2. The predicted molar refractivity (Wildman–Crippen MR) is 80.3 cm³/mol. The summed E-state index contributed by atoms with van der Waals surface area (Å²) in [5.74, 6) is 1.11. The largest absolute Gasteiger partial charge is 0.380 e. The normalized spacial score (nSPS) is 13.3. The first kappa shape index (κ1) is 12.2. The molecule has 0 bridgehead atoms. The lowest BCUT2D eigenvalue weighted by Crippen LogP contribution is -1.89. The molecule has 2 aromatic carbocycles. The maximum absolute atomic E-state index is 5.99. The smallest absolute Gasteiger partial charge is 0.176 e. The van der Waals surface area contributed by atoms with E-state index in [4.69, 9.17) is 15.0 Å². The zero-order chi connectivity index (χ0) is 14.2. The summed E-state index contributed by atoms with van der Waals surface area (Å²) in [7, 11) is 0. The van der Waals surface area contributed by atoms with E-state index in [2.05, 4.69) is 17.3 Å². The first-order chi connectivity index (χ1) is 10.3. The second kappa shape index (κ2) is 4.75. The summed E-state index contributed by atoms with van der Waals surface area (Å²) < 4.78 is 10.9. The third-order valence-electron chi connectivity index (χ3n) is 3.76. The van der Waals surface area contributed by atoms with Crippen LogP contribution in [0.4, 0.5) is 5.82 Å². The second-order valence-corrected chi connectivity index (χ2v) is 5.11. The minimum absolute atomic E-state index is 0.410. The van der Waals surface area contributed by atoms with E-state index >= 15 is 0 Å². The molecule has 0 spiro atoms. The van der Waals surface area contributed by atoms with E-state index < -0.39 is 0 Å². The van der Waals surface area contributed by atoms with Gasteiger partial charge in [0.05, 0.1) is 18.8 Å². The number of nitrogens with two attached hydrogens (primary N) is 1. The molecule has 0 radical (unpaired) electrons. The standard InChI is InChI=1S/C17H14N2O2/c18-17-15(11-4-2-1-3-5-11)16(21-19-17)12-6-7-13-9-20-10-14(13)8-12/h1-8H,9-10H2,(H2,18,19). The van der Waals surface area contributed by atoms with E-state index in [-0.39, 0.29) is 0 Å². The van der Waals surface area contributed by atoms with E-state index in [1.165, 1.54) is 11.1 Å². The van der Waals surface area contributed by atoms with Gasteiger partial charge in [0.15, 0.2) is 11.6 Å². The lowest BCUT2D eigenvalue weighted by Gasteiger charge is -2.04. The Labute approximate surface area is 122 Å². The Morgan fingerprint density at radius 3 is 2.57 bits per heavy atom. The fourth-order valence-electron chi connectivity index (χ4n) is 2.70. The average molecular weight is 278 g/mol. The van der Waals surface area contributed by atoms with Crippen molar-refractivity contribution in [3.05, 3.63) is 59.7 Å². The highest BCUT2D eigenvalue weighted by Gasteiger charge is 2.19. The summed E-state index contributed by atoms with van der Waals surface area (Å²) in [6, 6.07) is 16.1. The molecule has 3 aromatic rings. The Bertz CT molecular complexity index is 794. The van der Waals surface area contributed by atoms with Gasteiger partial charge in [-0.1, -0.05) is 47.6 Å². The minimum Gasteiger partial charge on any atom is -0.380 e.